The maximum absolute atomic E-state index is 11.0. The van der Waals surface area contributed by atoms with Crippen LogP contribution in [-0.2, 0) is 0 Å². The number of carbonyl (C=O) groups excluding carboxylic acids is 1. The molecular weight excluding hydrogens is 226 g/mol. The van der Waals surface area contributed by atoms with Gasteiger partial charge in [0.2, 0.25) is 5.91 Å². The van der Waals surface area contributed by atoms with Gasteiger partial charge in [0.15, 0.2) is 0 Å². The molecule has 2 rings (SSSR count). The molecule has 4 heteroatoms. The van der Waals surface area contributed by atoms with Crippen LogP contribution in [0.4, 0.5) is 5.82 Å². The molecule has 0 bridgehead atoms. The number of amides is 1. The fraction of sp³-hybridized carbons (Fsp3) is 0.571. The molecule has 4 nitrogen and oxygen atoms in total. The third kappa shape index (κ3) is 3.00. The number of pyridine rings is 1. The highest BCUT2D eigenvalue weighted by molar-refractivity contribution is 5.92. The predicted molar refractivity (Wildman–Crippen MR) is 72.6 cm³/mol. The lowest BCUT2D eigenvalue weighted by molar-refractivity contribution is 0.1000. The summed E-state index contributed by atoms with van der Waals surface area (Å²) in [6.07, 6.45) is 6.66. The Balaban J connectivity index is 1.95. The van der Waals surface area contributed by atoms with E-state index in [-0.39, 0.29) is 0 Å². The van der Waals surface area contributed by atoms with Crippen LogP contribution in [0.2, 0.25) is 0 Å². The van der Waals surface area contributed by atoms with Gasteiger partial charge in [0, 0.05) is 19.3 Å². The molecule has 1 amide bonds. The summed E-state index contributed by atoms with van der Waals surface area (Å²) in [7, 11) is 0. The Morgan fingerprint density at radius 2 is 2.17 bits per heavy atom. The number of piperidine rings is 1. The second-order valence-electron chi connectivity index (χ2n) is 4.99. The van der Waals surface area contributed by atoms with Crippen LogP contribution in [0.15, 0.2) is 18.3 Å². The monoisotopic (exact) mass is 247 g/mol. The summed E-state index contributed by atoms with van der Waals surface area (Å²) < 4.78 is 0. The van der Waals surface area contributed by atoms with Crippen LogP contribution < -0.4 is 10.6 Å². The summed E-state index contributed by atoms with van der Waals surface area (Å²) in [5, 5.41) is 0. The van der Waals surface area contributed by atoms with Crippen molar-refractivity contribution < 1.29 is 4.79 Å². The second-order valence-corrected chi connectivity index (χ2v) is 4.99. The molecule has 0 spiro atoms. The lowest BCUT2D eigenvalue weighted by Gasteiger charge is -2.32. The van der Waals surface area contributed by atoms with Gasteiger partial charge in [-0.2, -0.15) is 0 Å². The molecule has 0 aromatic carbocycles. The van der Waals surface area contributed by atoms with E-state index in [4.69, 9.17) is 5.73 Å². The van der Waals surface area contributed by atoms with E-state index in [1.807, 2.05) is 6.07 Å². The van der Waals surface area contributed by atoms with E-state index in [9.17, 15) is 4.79 Å². The van der Waals surface area contributed by atoms with E-state index >= 15 is 0 Å². The fourth-order valence-corrected chi connectivity index (χ4v) is 2.58. The van der Waals surface area contributed by atoms with Crippen molar-refractivity contribution in [2.45, 2.75) is 32.6 Å². The quantitative estimate of drug-likeness (QED) is 0.887. The number of carbonyl (C=O) groups is 1. The zero-order valence-electron chi connectivity index (χ0n) is 10.9. The van der Waals surface area contributed by atoms with Crippen LogP contribution in [0, 0.1) is 5.92 Å². The van der Waals surface area contributed by atoms with E-state index in [1.165, 1.54) is 25.7 Å². The summed E-state index contributed by atoms with van der Waals surface area (Å²) in [6.45, 7) is 4.37. The van der Waals surface area contributed by atoms with Gasteiger partial charge in [-0.15, -0.1) is 0 Å². The lowest BCUT2D eigenvalue weighted by Crippen LogP contribution is -2.34. The fourth-order valence-electron chi connectivity index (χ4n) is 2.58. The van der Waals surface area contributed by atoms with E-state index in [0.29, 0.717) is 5.56 Å². The topological polar surface area (TPSA) is 59.2 Å². The van der Waals surface area contributed by atoms with Crippen LogP contribution in [0.25, 0.3) is 0 Å². The first kappa shape index (κ1) is 12.9. The van der Waals surface area contributed by atoms with E-state index in [2.05, 4.69) is 16.8 Å². The minimum atomic E-state index is -0.421. The van der Waals surface area contributed by atoms with Crippen LogP contribution in [-0.4, -0.2) is 24.0 Å². The number of hydrogen-bond acceptors (Lipinski definition) is 3. The molecule has 0 atom stereocenters. The maximum atomic E-state index is 11.0. The van der Waals surface area contributed by atoms with Gasteiger partial charge in [-0.25, -0.2) is 4.98 Å². The zero-order chi connectivity index (χ0) is 13.0. The standard InChI is InChI=1S/C14H21N3O/c1-2-3-11-6-8-17(9-7-11)13-5-4-12(10-16-13)14(15)18/h4-5,10-11H,2-3,6-9H2,1H3,(H2,15,18). The average Bonchev–Trinajstić information content (AvgIpc) is 2.40. The molecule has 1 aromatic rings. The minimum absolute atomic E-state index is 0.421. The Hall–Kier alpha value is -1.58. The number of hydrogen-bond donors (Lipinski definition) is 1. The normalized spacial score (nSPS) is 16.8. The molecule has 2 heterocycles. The molecule has 0 saturated carbocycles. The summed E-state index contributed by atoms with van der Waals surface area (Å²) in [5.41, 5.74) is 5.67. The Labute approximate surface area is 108 Å². The Bertz CT molecular complexity index is 394. The number of aromatic nitrogens is 1. The summed E-state index contributed by atoms with van der Waals surface area (Å²) in [5.74, 6) is 1.40. The van der Waals surface area contributed by atoms with E-state index in [0.717, 1.165) is 24.8 Å². The smallest absolute Gasteiger partial charge is 0.250 e. The highest BCUT2D eigenvalue weighted by atomic mass is 16.1. The van der Waals surface area contributed by atoms with Crippen molar-refractivity contribution in [1.29, 1.82) is 0 Å². The molecular formula is C14H21N3O. The van der Waals surface area contributed by atoms with Gasteiger partial charge < -0.3 is 10.6 Å². The third-order valence-corrected chi connectivity index (χ3v) is 3.67. The van der Waals surface area contributed by atoms with Gasteiger partial charge in [0.05, 0.1) is 5.56 Å². The van der Waals surface area contributed by atoms with Gasteiger partial charge in [0.25, 0.3) is 0 Å². The molecule has 1 saturated heterocycles. The van der Waals surface area contributed by atoms with Gasteiger partial charge in [-0.1, -0.05) is 19.8 Å². The minimum Gasteiger partial charge on any atom is -0.366 e. The first-order chi connectivity index (χ1) is 8.70. The highest BCUT2D eigenvalue weighted by Gasteiger charge is 2.19. The molecule has 18 heavy (non-hydrogen) atoms. The zero-order valence-corrected chi connectivity index (χ0v) is 10.9. The van der Waals surface area contributed by atoms with Gasteiger partial charge >= 0.3 is 0 Å². The first-order valence-electron chi connectivity index (χ1n) is 6.71. The lowest BCUT2D eigenvalue weighted by atomic mass is 9.92. The van der Waals surface area contributed by atoms with Crippen molar-refractivity contribution in [3.8, 4) is 0 Å². The molecule has 1 aliphatic heterocycles. The van der Waals surface area contributed by atoms with E-state index in [1.54, 1.807) is 12.3 Å². The number of rotatable bonds is 4. The molecule has 0 aliphatic carbocycles. The molecule has 0 unspecified atom stereocenters. The maximum Gasteiger partial charge on any atom is 0.250 e. The van der Waals surface area contributed by atoms with Gasteiger partial charge in [0.1, 0.15) is 5.82 Å². The van der Waals surface area contributed by atoms with Crippen molar-refractivity contribution in [2.75, 3.05) is 18.0 Å². The van der Waals surface area contributed by atoms with Crippen molar-refractivity contribution in [2.24, 2.45) is 11.7 Å². The highest BCUT2D eigenvalue weighted by Crippen LogP contribution is 2.24. The van der Waals surface area contributed by atoms with Crippen LogP contribution >= 0.6 is 0 Å². The Morgan fingerprint density at radius 1 is 1.44 bits per heavy atom. The van der Waals surface area contributed by atoms with Crippen molar-refractivity contribution in [3.63, 3.8) is 0 Å². The van der Waals surface area contributed by atoms with Gasteiger partial charge in [-0.3, -0.25) is 4.79 Å². The van der Waals surface area contributed by atoms with Crippen molar-refractivity contribution >= 4 is 11.7 Å². The van der Waals surface area contributed by atoms with Crippen molar-refractivity contribution in [3.05, 3.63) is 23.9 Å². The molecule has 98 valence electrons. The van der Waals surface area contributed by atoms with Gasteiger partial charge in [-0.05, 0) is 30.9 Å². The number of anilines is 1. The Morgan fingerprint density at radius 3 is 2.67 bits per heavy atom. The molecule has 0 radical (unpaired) electrons. The number of nitrogens with two attached hydrogens (primary N) is 1. The van der Waals surface area contributed by atoms with Crippen LogP contribution in [0.3, 0.4) is 0 Å². The number of nitrogens with zero attached hydrogens (tertiary/aromatic N) is 2. The summed E-state index contributed by atoms with van der Waals surface area (Å²) >= 11 is 0. The second kappa shape index (κ2) is 5.85. The van der Waals surface area contributed by atoms with Crippen LogP contribution in [0.1, 0.15) is 43.0 Å². The predicted octanol–water partition coefficient (Wildman–Crippen LogP) is 2.20. The van der Waals surface area contributed by atoms with Crippen molar-refractivity contribution in [1.82, 2.24) is 4.98 Å². The molecule has 1 fully saturated rings. The third-order valence-electron chi connectivity index (χ3n) is 3.67. The first-order valence-corrected chi connectivity index (χ1v) is 6.71. The average molecular weight is 247 g/mol. The Kier molecular flexibility index (Phi) is 4.18. The largest absolute Gasteiger partial charge is 0.366 e. The van der Waals surface area contributed by atoms with E-state index < -0.39 is 5.91 Å². The molecule has 2 N–H and O–H groups in total. The van der Waals surface area contributed by atoms with Crippen LogP contribution in [0.5, 0.6) is 0 Å². The summed E-state index contributed by atoms with van der Waals surface area (Å²) in [6, 6.07) is 3.64. The summed E-state index contributed by atoms with van der Waals surface area (Å²) in [4.78, 5) is 17.6. The SMILES string of the molecule is CCCC1CCN(c2ccc(C(N)=O)cn2)CC1. The number of primary amides is 1. The molecule has 1 aliphatic rings. The molecule has 1 aromatic heterocycles.